The van der Waals surface area contributed by atoms with E-state index in [9.17, 15) is 17.6 Å². The molecule has 1 atom stereocenters. The number of hydrogen-bond donors (Lipinski definition) is 0. The van der Waals surface area contributed by atoms with E-state index in [0.717, 1.165) is 19.1 Å². The zero-order chi connectivity index (χ0) is 15.8. The highest BCUT2D eigenvalue weighted by Crippen LogP contribution is 2.31. The minimum Gasteiger partial charge on any atom is -0.332 e. The fourth-order valence-corrected chi connectivity index (χ4v) is 4.00. The number of carbonyl (C=O) groups is 1. The van der Waals surface area contributed by atoms with Gasteiger partial charge in [-0.1, -0.05) is 0 Å². The number of halogens is 2. The van der Waals surface area contributed by atoms with Crippen LogP contribution in [0.2, 0.25) is 0 Å². The van der Waals surface area contributed by atoms with Gasteiger partial charge >= 0.3 is 0 Å². The first-order valence-electron chi connectivity index (χ1n) is 6.64. The van der Waals surface area contributed by atoms with Gasteiger partial charge in [0.05, 0.1) is 11.3 Å². The average molecular weight is 425 g/mol. The van der Waals surface area contributed by atoms with Crippen molar-refractivity contribution in [2.75, 3.05) is 12.0 Å². The largest absolute Gasteiger partial charge is 0.332 e. The highest BCUT2D eigenvalue weighted by molar-refractivity contribution is 14.1. The van der Waals surface area contributed by atoms with Crippen molar-refractivity contribution in [3.05, 3.63) is 33.1 Å². The van der Waals surface area contributed by atoms with Crippen molar-refractivity contribution in [1.29, 1.82) is 0 Å². The summed E-state index contributed by atoms with van der Waals surface area (Å²) in [5, 5.41) is 0. The van der Waals surface area contributed by atoms with E-state index >= 15 is 0 Å². The summed E-state index contributed by atoms with van der Waals surface area (Å²) in [7, 11) is -3.18. The predicted octanol–water partition coefficient (Wildman–Crippen LogP) is 2.47. The minimum absolute atomic E-state index is 0.0633. The van der Waals surface area contributed by atoms with Crippen molar-refractivity contribution in [1.82, 2.24) is 4.90 Å². The third-order valence-electron chi connectivity index (χ3n) is 3.35. The third-order valence-corrected chi connectivity index (χ3v) is 5.38. The maximum atomic E-state index is 13.4. The van der Waals surface area contributed by atoms with Gasteiger partial charge in [0.1, 0.15) is 15.7 Å². The molecule has 0 aliphatic heterocycles. The zero-order valence-electron chi connectivity index (χ0n) is 11.8. The molecule has 1 aliphatic carbocycles. The van der Waals surface area contributed by atoms with E-state index in [2.05, 4.69) is 0 Å². The van der Waals surface area contributed by atoms with Crippen molar-refractivity contribution in [2.45, 2.75) is 31.8 Å². The molecule has 0 spiro atoms. The van der Waals surface area contributed by atoms with Crippen LogP contribution in [0.5, 0.6) is 0 Å². The molecule has 1 aromatic rings. The van der Waals surface area contributed by atoms with E-state index in [0.29, 0.717) is 9.13 Å². The lowest BCUT2D eigenvalue weighted by atomic mass is 10.1. The average Bonchev–Trinajstić information content (AvgIpc) is 3.14. The summed E-state index contributed by atoms with van der Waals surface area (Å²) in [4.78, 5) is 14.3. The summed E-state index contributed by atoms with van der Waals surface area (Å²) < 4.78 is 37.0. The Morgan fingerprint density at radius 1 is 1.48 bits per heavy atom. The number of sulfone groups is 1. The first-order valence-corrected chi connectivity index (χ1v) is 9.78. The van der Waals surface area contributed by atoms with Crippen molar-refractivity contribution in [3.63, 3.8) is 0 Å². The molecule has 0 aromatic heterocycles. The Morgan fingerprint density at radius 3 is 2.62 bits per heavy atom. The van der Waals surface area contributed by atoms with Gasteiger partial charge in [-0.25, -0.2) is 12.8 Å². The number of rotatable bonds is 5. The molecule has 1 aliphatic rings. The summed E-state index contributed by atoms with van der Waals surface area (Å²) in [5.41, 5.74) is 0.294. The SMILES string of the molecule is CC(CS(C)(=O)=O)N(C(=O)c1cc(F)ccc1I)C1CC1. The van der Waals surface area contributed by atoms with Crippen LogP contribution in [-0.4, -0.2) is 43.3 Å². The molecule has 7 heteroatoms. The van der Waals surface area contributed by atoms with Gasteiger partial charge in [0.15, 0.2) is 0 Å². The molecule has 0 heterocycles. The number of amides is 1. The highest BCUT2D eigenvalue weighted by Gasteiger charge is 2.37. The fraction of sp³-hybridized carbons (Fsp3) is 0.500. The van der Waals surface area contributed by atoms with Crippen molar-refractivity contribution < 1.29 is 17.6 Å². The molecule has 2 rings (SSSR count). The number of nitrogens with zero attached hydrogens (tertiary/aromatic N) is 1. The zero-order valence-corrected chi connectivity index (χ0v) is 14.8. The molecule has 1 saturated carbocycles. The van der Waals surface area contributed by atoms with Crippen LogP contribution in [0.15, 0.2) is 18.2 Å². The molecule has 1 unspecified atom stereocenters. The molecular formula is C14H17FINO3S. The van der Waals surface area contributed by atoms with Crippen LogP contribution in [-0.2, 0) is 9.84 Å². The van der Waals surface area contributed by atoms with Crippen LogP contribution >= 0.6 is 22.6 Å². The van der Waals surface area contributed by atoms with E-state index in [4.69, 9.17) is 0 Å². The standard InChI is InChI=1S/C14H17FINO3S/c1-9(8-21(2,19)20)17(11-4-5-11)14(18)12-7-10(15)3-6-13(12)16/h3,6-7,9,11H,4-5,8H2,1-2H3. The van der Waals surface area contributed by atoms with Gasteiger partial charge in [0, 0.05) is 21.9 Å². The normalized spacial score (nSPS) is 16.6. The number of hydrogen-bond acceptors (Lipinski definition) is 3. The van der Waals surface area contributed by atoms with E-state index in [-0.39, 0.29) is 17.7 Å². The molecule has 4 nitrogen and oxygen atoms in total. The Kier molecular flexibility index (Phi) is 4.92. The van der Waals surface area contributed by atoms with Gasteiger partial charge in [-0.05, 0) is 60.6 Å². The molecule has 1 amide bonds. The van der Waals surface area contributed by atoms with Gasteiger partial charge in [0.2, 0.25) is 0 Å². The molecule has 116 valence electrons. The molecule has 0 radical (unpaired) electrons. The first kappa shape index (κ1) is 16.7. The molecule has 0 bridgehead atoms. The van der Waals surface area contributed by atoms with Gasteiger partial charge in [-0.2, -0.15) is 0 Å². The monoisotopic (exact) mass is 425 g/mol. The fourth-order valence-electron chi connectivity index (χ4n) is 2.40. The van der Waals surface area contributed by atoms with Gasteiger partial charge in [-0.15, -0.1) is 0 Å². The summed E-state index contributed by atoms with van der Waals surface area (Å²) in [6.07, 6.45) is 2.89. The first-order chi connectivity index (χ1) is 9.69. The highest BCUT2D eigenvalue weighted by atomic mass is 127. The van der Waals surface area contributed by atoms with Gasteiger partial charge < -0.3 is 4.90 Å². The Labute approximate surface area is 137 Å². The molecule has 1 fully saturated rings. The van der Waals surface area contributed by atoms with Crippen molar-refractivity contribution in [3.8, 4) is 0 Å². The summed E-state index contributed by atoms with van der Waals surface area (Å²) in [5.74, 6) is -0.843. The summed E-state index contributed by atoms with van der Waals surface area (Å²) in [6, 6.07) is 3.72. The lowest BCUT2D eigenvalue weighted by Gasteiger charge is -2.29. The molecule has 0 N–H and O–H groups in total. The third kappa shape index (κ3) is 4.38. The predicted molar refractivity (Wildman–Crippen MR) is 87.5 cm³/mol. The van der Waals surface area contributed by atoms with Crippen LogP contribution in [0.25, 0.3) is 0 Å². The molecule has 21 heavy (non-hydrogen) atoms. The molecule has 1 aromatic carbocycles. The second-order valence-electron chi connectivity index (χ2n) is 5.51. The van der Waals surface area contributed by atoms with Gasteiger partial charge in [0.25, 0.3) is 5.91 Å². The van der Waals surface area contributed by atoms with Crippen LogP contribution < -0.4 is 0 Å². The van der Waals surface area contributed by atoms with E-state index in [1.54, 1.807) is 17.9 Å². The Balaban J connectivity index is 2.30. The van der Waals surface area contributed by atoms with Crippen molar-refractivity contribution in [2.24, 2.45) is 0 Å². The maximum Gasteiger partial charge on any atom is 0.255 e. The van der Waals surface area contributed by atoms with Crippen LogP contribution in [0.3, 0.4) is 0 Å². The van der Waals surface area contributed by atoms with E-state index in [1.165, 1.54) is 12.1 Å². The smallest absolute Gasteiger partial charge is 0.255 e. The van der Waals surface area contributed by atoms with Crippen LogP contribution in [0, 0.1) is 9.39 Å². The summed E-state index contributed by atoms with van der Waals surface area (Å²) in [6.45, 7) is 1.73. The Morgan fingerprint density at radius 2 is 2.10 bits per heavy atom. The van der Waals surface area contributed by atoms with E-state index < -0.39 is 21.7 Å². The topological polar surface area (TPSA) is 54.5 Å². The maximum absolute atomic E-state index is 13.4. The molecular weight excluding hydrogens is 408 g/mol. The molecule has 0 saturated heterocycles. The second-order valence-corrected chi connectivity index (χ2v) is 8.86. The Hall–Kier alpha value is -0.700. The Bertz CT molecular complexity index is 658. The summed E-state index contributed by atoms with van der Waals surface area (Å²) >= 11 is 1.99. The van der Waals surface area contributed by atoms with E-state index in [1.807, 2.05) is 22.6 Å². The van der Waals surface area contributed by atoms with Crippen LogP contribution in [0.4, 0.5) is 4.39 Å². The van der Waals surface area contributed by atoms with Crippen LogP contribution in [0.1, 0.15) is 30.1 Å². The minimum atomic E-state index is -3.18. The second kappa shape index (κ2) is 6.20. The number of benzene rings is 1. The van der Waals surface area contributed by atoms with Gasteiger partial charge in [-0.3, -0.25) is 4.79 Å². The van der Waals surface area contributed by atoms with Crippen molar-refractivity contribution >= 4 is 38.3 Å². The lowest BCUT2D eigenvalue weighted by molar-refractivity contribution is 0.0691. The number of carbonyl (C=O) groups excluding carboxylic acids is 1. The lowest BCUT2D eigenvalue weighted by Crippen LogP contribution is -2.44. The quantitative estimate of drug-likeness (QED) is 0.682.